The van der Waals surface area contributed by atoms with Gasteiger partial charge in [0.2, 0.25) is 0 Å². The molecule has 2 atom stereocenters. The normalized spacial score (nSPS) is 14.5. The molecule has 0 aromatic heterocycles. The summed E-state index contributed by atoms with van der Waals surface area (Å²) < 4.78 is 19.9. The fourth-order valence-electron chi connectivity index (χ4n) is 1.68. The zero-order chi connectivity index (χ0) is 16.8. The molecule has 2 unspecified atom stereocenters. The number of esters is 1. The standard InChI is InChI=1S/C16H25NO3S2/c1-6-20-15(18)14(17-22(19)16(3,4)5)12-8-10-13(11-9-12)21-7-2/h8-11,14,17H,6-7H2,1-5H3. The Kier molecular flexibility index (Phi) is 7.76. The summed E-state index contributed by atoms with van der Waals surface area (Å²) >= 11 is 0.379. The Bertz CT molecular complexity index is 471. The lowest BCUT2D eigenvalue weighted by atomic mass is 10.1. The monoisotopic (exact) mass is 343 g/mol. The van der Waals surface area contributed by atoms with Crippen LogP contribution in [0, 0.1) is 0 Å². The smallest absolute Gasteiger partial charge is 0.332 e. The predicted octanol–water partition coefficient (Wildman–Crippen LogP) is 3.45. The quantitative estimate of drug-likeness (QED) is 0.467. The Morgan fingerprint density at radius 3 is 2.36 bits per heavy atom. The van der Waals surface area contributed by atoms with Gasteiger partial charge in [-0.2, -0.15) is 0 Å². The number of thioether (sulfide) groups is 1. The van der Waals surface area contributed by atoms with Crippen molar-refractivity contribution in [3.05, 3.63) is 29.8 Å². The first-order chi connectivity index (χ1) is 10.3. The topological polar surface area (TPSA) is 61.4 Å². The van der Waals surface area contributed by atoms with Crippen molar-refractivity contribution in [2.45, 2.75) is 50.3 Å². The lowest BCUT2D eigenvalue weighted by Gasteiger charge is -2.27. The lowest BCUT2D eigenvalue weighted by Crippen LogP contribution is -2.44. The average Bonchev–Trinajstić information content (AvgIpc) is 2.45. The highest BCUT2D eigenvalue weighted by molar-refractivity contribution is 7.99. The van der Waals surface area contributed by atoms with E-state index in [0.717, 1.165) is 16.2 Å². The maximum atomic E-state index is 12.3. The van der Waals surface area contributed by atoms with Crippen LogP contribution in [0.5, 0.6) is 0 Å². The van der Waals surface area contributed by atoms with Gasteiger partial charge in [-0.15, -0.1) is 16.5 Å². The highest BCUT2D eigenvalue weighted by Crippen LogP contribution is 2.24. The van der Waals surface area contributed by atoms with Crippen molar-refractivity contribution in [1.29, 1.82) is 0 Å². The second-order valence-corrected chi connectivity index (χ2v) is 9.02. The zero-order valence-electron chi connectivity index (χ0n) is 13.8. The molecule has 0 amide bonds. The molecule has 0 fully saturated rings. The molecule has 22 heavy (non-hydrogen) atoms. The minimum absolute atomic E-state index is 0.295. The van der Waals surface area contributed by atoms with E-state index in [0.29, 0.717) is 6.61 Å². The van der Waals surface area contributed by atoms with E-state index in [1.807, 2.05) is 45.0 Å². The van der Waals surface area contributed by atoms with Gasteiger partial charge in [0, 0.05) is 16.3 Å². The second kappa shape index (κ2) is 8.82. The van der Waals surface area contributed by atoms with Gasteiger partial charge in [0.25, 0.3) is 0 Å². The molecule has 0 spiro atoms. The highest BCUT2D eigenvalue weighted by atomic mass is 32.2. The Morgan fingerprint density at radius 1 is 1.32 bits per heavy atom. The number of rotatable bonds is 7. The van der Waals surface area contributed by atoms with Crippen LogP contribution in [0.1, 0.15) is 46.2 Å². The van der Waals surface area contributed by atoms with Gasteiger partial charge in [0.05, 0.1) is 6.61 Å². The molecule has 0 saturated carbocycles. The zero-order valence-corrected chi connectivity index (χ0v) is 15.5. The van der Waals surface area contributed by atoms with Crippen LogP contribution in [0.3, 0.4) is 0 Å². The van der Waals surface area contributed by atoms with E-state index in [4.69, 9.17) is 4.74 Å². The van der Waals surface area contributed by atoms with Gasteiger partial charge in [-0.3, -0.25) is 0 Å². The number of hydrogen-bond donors (Lipinski definition) is 1. The Hall–Kier alpha value is -0.690. The van der Waals surface area contributed by atoms with Gasteiger partial charge in [0.15, 0.2) is 6.04 Å². The van der Waals surface area contributed by atoms with Crippen LogP contribution in [0.2, 0.25) is 0 Å². The number of hydrogen-bond acceptors (Lipinski definition) is 5. The van der Waals surface area contributed by atoms with Crippen LogP contribution < -0.4 is 4.72 Å². The van der Waals surface area contributed by atoms with E-state index < -0.39 is 28.1 Å². The molecule has 0 radical (unpaired) electrons. The number of ether oxygens (including phenoxy) is 1. The molecule has 1 N–H and O–H groups in total. The van der Waals surface area contributed by atoms with E-state index in [2.05, 4.69) is 11.6 Å². The maximum absolute atomic E-state index is 12.3. The van der Waals surface area contributed by atoms with Crippen molar-refractivity contribution < 1.29 is 14.1 Å². The fourth-order valence-corrected chi connectivity index (χ4v) is 3.15. The first-order valence-corrected chi connectivity index (χ1v) is 9.50. The number of nitrogens with one attached hydrogen (secondary N) is 1. The van der Waals surface area contributed by atoms with E-state index in [1.54, 1.807) is 18.7 Å². The first kappa shape index (κ1) is 19.4. The van der Waals surface area contributed by atoms with Crippen LogP contribution in [0.4, 0.5) is 0 Å². The van der Waals surface area contributed by atoms with E-state index >= 15 is 0 Å². The van der Waals surface area contributed by atoms with Gasteiger partial charge < -0.3 is 9.29 Å². The number of carbonyl (C=O) groups excluding carboxylic acids is 1. The molecule has 0 heterocycles. The largest absolute Gasteiger partial charge is 0.598 e. The van der Waals surface area contributed by atoms with Crippen LogP contribution in [-0.4, -0.2) is 27.6 Å². The fraction of sp³-hybridized carbons (Fsp3) is 0.562. The molecule has 1 rings (SSSR count). The molecule has 0 aliphatic rings. The molecule has 0 bridgehead atoms. The van der Waals surface area contributed by atoms with E-state index in [1.165, 1.54) is 0 Å². The molecule has 4 nitrogen and oxygen atoms in total. The van der Waals surface area contributed by atoms with Crippen LogP contribution in [0.15, 0.2) is 29.2 Å². The molecule has 1 aromatic carbocycles. The first-order valence-electron chi connectivity index (χ1n) is 7.37. The summed E-state index contributed by atoms with van der Waals surface area (Å²) in [7, 11) is 0. The Balaban J connectivity index is 2.96. The summed E-state index contributed by atoms with van der Waals surface area (Å²) in [5.74, 6) is 0.587. The van der Waals surface area contributed by atoms with Crippen LogP contribution >= 0.6 is 11.8 Å². The summed E-state index contributed by atoms with van der Waals surface area (Å²) in [6.07, 6.45) is 0. The maximum Gasteiger partial charge on any atom is 0.332 e. The number of benzene rings is 1. The molecule has 0 saturated heterocycles. The van der Waals surface area contributed by atoms with Crippen LogP contribution in [-0.2, 0) is 20.9 Å². The third-order valence-electron chi connectivity index (χ3n) is 2.83. The molecular weight excluding hydrogens is 318 g/mol. The minimum Gasteiger partial charge on any atom is -0.598 e. The SMILES string of the molecule is CCOC(=O)C(N[S+]([O-])C(C)(C)C)c1ccc(SCC)cc1. The van der Waals surface area contributed by atoms with Crippen molar-refractivity contribution in [3.63, 3.8) is 0 Å². The summed E-state index contributed by atoms with van der Waals surface area (Å²) in [6.45, 7) is 9.73. The van der Waals surface area contributed by atoms with E-state index in [-0.39, 0.29) is 0 Å². The molecule has 6 heteroatoms. The van der Waals surface area contributed by atoms with Crippen molar-refractivity contribution >= 4 is 29.1 Å². The van der Waals surface area contributed by atoms with E-state index in [9.17, 15) is 9.35 Å². The Morgan fingerprint density at radius 2 is 1.91 bits per heavy atom. The van der Waals surface area contributed by atoms with Gasteiger partial charge in [-0.1, -0.05) is 19.1 Å². The van der Waals surface area contributed by atoms with Gasteiger partial charge >= 0.3 is 5.97 Å². The summed E-state index contributed by atoms with van der Waals surface area (Å²) in [5, 5.41) is 0. The van der Waals surface area contributed by atoms with Crippen molar-refractivity contribution in [3.8, 4) is 0 Å². The predicted molar refractivity (Wildman–Crippen MR) is 93.2 cm³/mol. The highest BCUT2D eigenvalue weighted by Gasteiger charge is 2.33. The van der Waals surface area contributed by atoms with Crippen molar-refractivity contribution in [1.82, 2.24) is 4.72 Å². The third-order valence-corrected chi connectivity index (χ3v) is 5.28. The molecule has 1 aromatic rings. The van der Waals surface area contributed by atoms with Crippen LogP contribution in [0.25, 0.3) is 0 Å². The molecule has 124 valence electrons. The summed E-state index contributed by atoms with van der Waals surface area (Å²) in [6, 6.07) is 6.98. The number of carbonyl (C=O) groups is 1. The minimum atomic E-state index is -1.36. The van der Waals surface area contributed by atoms with Gasteiger partial charge in [-0.25, -0.2) is 4.79 Å². The molecular formula is C16H25NO3S2. The van der Waals surface area contributed by atoms with Gasteiger partial charge in [-0.05, 0) is 51.1 Å². The Labute approximate surface area is 140 Å². The summed E-state index contributed by atoms with van der Waals surface area (Å²) in [4.78, 5) is 13.3. The molecule has 0 aliphatic carbocycles. The van der Waals surface area contributed by atoms with Crippen molar-refractivity contribution in [2.24, 2.45) is 0 Å². The third kappa shape index (κ3) is 5.83. The summed E-state index contributed by atoms with van der Waals surface area (Å²) in [5.41, 5.74) is 0.761. The second-order valence-electron chi connectivity index (χ2n) is 5.69. The van der Waals surface area contributed by atoms with Gasteiger partial charge in [0.1, 0.15) is 4.75 Å². The lowest BCUT2D eigenvalue weighted by molar-refractivity contribution is -0.145. The molecule has 0 aliphatic heterocycles. The average molecular weight is 344 g/mol. The van der Waals surface area contributed by atoms with Crippen molar-refractivity contribution in [2.75, 3.05) is 12.4 Å².